The number of aromatic nitrogens is 1. The summed E-state index contributed by atoms with van der Waals surface area (Å²) in [6.07, 6.45) is 17.5. The number of nitrogens with one attached hydrogen (secondary N) is 1. The molecular weight excluding hydrogens is 252 g/mol. The summed E-state index contributed by atoms with van der Waals surface area (Å²) in [5.41, 5.74) is 0. The van der Waals surface area contributed by atoms with E-state index < -0.39 is 0 Å². The van der Waals surface area contributed by atoms with E-state index in [0.717, 1.165) is 6.54 Å². The van der Waals surface area contributed by atoms with Gasteiger partial charge in [-0.2, -0.15) is 0 Å². The first kappa shape index (κ1) is 15.0. The molecule has 0 atom stereocenters. The molecule has 0 amide bonds. The Kier molecular flexibility index (Phi) is 7.48. The Bertz CT molecular complexity index is 299. The van der Waals surface area contributed by atoms with E-state index in [4.69, 9.17) is 0 Å². The van der Waals surface area contributed by atoms with E-state index >= 15 is 0 Å². The molecule has 0 aromatic carbocycles. The Morgan fingerprint density at radius 3 is 2.05 bits per heavy atom. The first-order valence-corrected chi connectivity index (χ1v) is 8.95. The van der Waals surface area contributed by atoms with Crippen molar-refractivity contribution in [3.8, 4) is 0 Å². The summed E-state index contributed by atoms with van der Waals surface area (Å²) >= 11 is 1.76. The Morgan fingerprint density at radius 1 is 0.947 bits per heavy atom. The summed E-state index contributed by atoms with van der Waals surface area (Å²) in [5, 5.41) is 7.02. The van der Waals surface area contributed by atoms with E-state index in [0.29, 0.717) is 6.04 Å². The van der Waals surface area contributed by atoms with Crippen molar-refractivity contribution in [2.24, 2.45) is 0 Å². The standard InChI is InChI=1S/C16H28N2S/c1-2-4-6-8-10-15(11-9-7-5-3-1)18-14-16-17-12-13-19-16/h12-13,15,18H,1-11,14H2. The summed E-state index contributed by atoms with van der Waals surface area (Å²) in [7, 11) is 0. The van der Waals surface area contributed by atoms with Gasteiger partial charge in [-0.05, 0) is 12.8 Å². The van der Waals surface area contributed by atoms with Crippen molar-refractivity contribution in [3.63, 3.8) is 0 Å². The van der Waals surface area contributed by atoms with Crippen LogP contribution < -0.4 is 5.32 Å². The highest BCUT2D eigenvalue weighted by Gasteiger charge is 2.09. The Labute approximate surface area is 122 Å². The molecule has 19 heavy (non-hydrogen) atoms. The highest BCUT2D eigenvalue weighted by molar-refractivity contribution is 7.09. The lowest BCUT2D eigenvalue weighted by Gasteiger charge is -2.19. The zero-order valence-electron chi connectivity index (χ0n) is 12.1. The Hall–Kier alpha value is -0.410. The summed E-state index contributed by atoms with van der Waals surface area (Å²) < 4.78 is 0. The quantitative estimate of drug-likeness (QED) is 0.851. The van der Waals surface area contributed by atoms with Crippen LogP contribution in [0.5, 0.6) is 0 Å². The van der Waals surface area contributed by atoms with E-state index in [1.807, 2.05) is 6.20 Å². The SMILES string of the molecule is c1csc(CNC2CCCCCCCCCCC2)n1. The van der Waals surface area contributed by atoms with Crippen molar-refractivity contribution in [1.82, 2.24) is 10.3 Å². The van der Waals surface area contributed by atoms with Gasteiger partial charge in [0.15, 0.2) is 0 Å². The summed E-state index contributed by atoms with van der Waals surface area (Å²) in [5.74, 6) is 0. The van der Waals surface area contributed by atoms with Gasteiger partial charge < -0.3 is 5.32 Å². The summed E-state index contributed by atoms with van der Waals surface area (Å²) in [4.78, 5) is 4.36. The second kappa shape index (κ2) is 9.49. The molecule has 1 aromatic rings. The van der Waals surface area contributed by atoms with Gasteiger partial charge >= 0.3 is 0 Å². The predicted molar refractivity (Wildman–Crippen MR) is 83.5 cm³/mol. The zero-order valence-corrected chi connectivity index (χ0v) is 12.9. The highest BCUT2D eigenvalue weighted by Crippen LogP contribution is 2.17. The van der Waals surface area contributed by atoms with Gasteiger partial charge in [-0.25, -0.2) is 4.98 Å². The molecule has 1 aliphatic rings. The molecule has 0 saturated heterocycles. The normalized spacial score (nSPS) is 20.6. The van der Waals surface area contributed by atoms with E-state index in [1.54, 1.807) is 11.3 Å². The maximum atomic E-state index is 4.36. The molecule has 2 nitrogen and oxygen atoms in total. The van der Waals surface area contributed by atoms with E-state index in [2.05, 4.69) is 15.7 Å². The highest BCUT2D eigenvalue weighted by atomic mass is 32.1. The first-order valence-electron chi connectivity index (χ1n) is 8.07. The van der Waals surface area contributed by atoms with E-state index in [-0.39, 0.29) is 0 Å². The first-order chi connectivity index (χ1) is 9.45. The minimum atomic E-state index is 0.711. The number of hydrogen-bond donors (Lipinski definition) is 1. The minimum absolute atomic E-state index is 0.711. The van der Waals surface area contributed by atoms with Crippen LogP contribution in [-0.4, -0.2) is 11.0 Å². The third-order valence-electron chi connectivity index (χ3n) is 4.13. The van der Waals surface area contributed by atoms with Crippen LogP contribution in [0.3, 0.4) is 0 Å². The maximum absolute atomic E-state index is 4.36. The van der Waals surface area contributed by atoms with Gasteiger partial charge in [0.1, 0.15) is 5.01 Å². The minimum Gasteiger partial charge on any atom is -0.308 e. The van der Waals surface area contributed by atoms with Crippen molar-refractivity contribution in [2.45, 2.75) is 83.2 Å². The van der Waals surface area contributed by atoms with Crippen LogP contribution in [-0.2, 0) is 6.54 Å². The Morgan fingerprint density at radius 2 is 1.53 bits per heavy atom. The third kappa shape index (κ3) is 6.53. The van der Waals surface area contributed by atoms with Crippen molar-refractivity contribution in [3.05, 3.63) is 16.6 Å². The van der Waals surface area contributed by atoms with Crippen LogP contribution in [0.2, 0.25) is 0 Å². The fraction of sp³-hybridized carbons (Fsp3) is 0.812. The second-order valence-electron chi connectivity index (χ2n) is 5.76. The summed E-state index contributed by atoms with van der Waals surface area (Å²) in [6, 6.07) is 0.711. The number of thiazole rings is 1. The van der Waals surface area contributed by atoms with Crippen molar-refractivity contribution >= 4 is 11.3 Å². The number of nitrogens with zero attached hydrogens (tertiary/aromatic N) is 1. The lowest BCUT2D eigenvalue weighted by atomic mass is 9.98. The zero-order chi connectivity index (χ0) is 13.2. The average molecular weight is 280 g/mol. The van der Waals surface area contributed by atoms with Crippen molar-refractivity contribution in [1.29, 1.82) is 0 Å². The van der Waals surface area contributed by atoms with E-state index in [1.165, 1.54) is 75.6 Å². The van der Waals surface area contributed by atoms with Crippen LogP contribution in [0.1, 0.15) is 75.6 Å². The van der Waals surface area contributed by atoms with Crippen LogP contribution in [0.15, 0.2) is 11.6 Å². The molecule has 3 heteroatoms. The molecule has 0 spiro atoms. The molecule has 1 saturated carbocycles. The van der Waals surface area contributed by atoms with Gasteiger partial charge in [0.2, 0.25) is 0 Å². The number of rotatable bonds is 3. The largest absolute Gasteiger partial charge is 0.308 e. The molecule has 1 N–H and O–H groups in total. The molecule has 1 aromatic heterocycles. The topological polar surface area (TPSA) is 24.9 Å². The lowest BCUT2D eigenvalue weighted by Crippen LogP contribution is -2.28. The average Bonchev–Trinajstić information content (AvgIpc) is 2.91. The van der Waals surface area contributed by atoms with E-state index in [9.17, 15) is 0 Å². The van der Waals surface area contributed by atoms with Crippen LogP contribution in [0, 0.1) is 0 Å². The third-order valence-corrected chi connectivity index (χ3v) is 4.91. The lowest BCUT2D eigenvalue weighted by molar-refractivity contribution is 0.403. The van der Waals surface area contributed by atoms with Gasteiger partial charge in [0, 0.05) is 24.2 Å². The smallest absolute Gasteiger partial charge is 0.106 e. The van der Waals surface area contributed by atoms with Gasteiger partial charge in [0.05, 0.1) is 0 Å². The monoisotopic (exact) mass is 280 g/mol. The molecule has 1 aliphatic carbocycles. The summed E-state index contributed by atoms with van der Waals surface area (Å²) in [6.45, 7) is 0.961. The van der Waals surface area contributed by atoms with Crippen LogP contribution >= 0.6 is 11.3 Å². The van der Waals surface area contributed by atoms with Crippen molar-refractivity contribution in [2.75, 3.05) is 0 Å². The predicted octanol–water partition coefficient (Wildman–Crippen LogP) is 4.91. The fourth-order valence-corrected chi connectivity index (χ4v) is 3.51. The number of hydrogen-bond acceptors (Lipinski definition) is 3. The molecule has 2 rings (SSSR count). The van der Waals surface area contributed by atoms with Crippen LogP contribution in [0.25, 0.3) is 0 Å². The maximum Gasteiger partial charge on any atom is 0.106 e. The molecule has 1 heterocycles. The molecule has 0 bridgehead atoms. The van der Waals surface area contributed by atoms with Crippen LogP contribution in [0.4, 0.5) is 0 Å². The molecular formula is C16H28N2S. The fourth-order valence-electron chi connectivity index (χ4n) is 2.94. The van der Waals surface area contributed by atoms with Gasteiger partial charge in [-0.15, -0.1) is 11.3 Å². The molecule has 0 aliphatic heterocycles. The second-order valence-corrected chi connectivity index (χ2v) is 6.74. The van der Waals surface area contributed by atoms with Gasteiger partial charge in [-0.3, -0.25) is 0 Å². The molecule has 108 valence electrons. The van der Waals surface area contributed by atoms with Crippen molar-refractivity contribution < 1.29 is 0 Å². The van der Waals surface area contributed by atoms with Gasteiger partial charge in [0.25, 0.3) is 0 Å². The molecule has 0 unspecified atom stereocenters. The van der Waals surface area contributed by atoms with Gasteiger partial charge in [-0.1, -0.05) is 57.8 Å². The molecule has 0 radical (unpaired) electrons. The molecule has 1 fully saturated rings. The Balaban J connectivity index is 1.71.